The largest absolute Gasteiger partial charge is 0.379 e. The maximum atomic E-state index is 13.0. The highest BCUT2D eigenvalue weighted by atomic mass is 32.2. The minimum atomic E-state index is -3.76. The molecule has 35 heavy (non-hydrogen) atoms. The highest BCUT2D eigenvalue weighted by Gasteiger charge is 2.27. The van der Waals surface area contributed by atoms with Crippen LogP contribution in [0.4, 0.5) is 0 Å². The van der Waals surface area contributed by atoms with Gasteiger partial charge in [-0.2, -0.15) is 4.31 Å². The Morgan fingerprint density at radius 1 is 0.857 bits per heavy atom. The number of carbonyl (C=O) groups excluding carboxylic acids is 2. The fraction of sp³-hybridized carbons (Fsp3) is 0.280. The Balaban J connectivity index is 1.50. The summed E-state index contributed by atoms with van der Waals surface area (Å²) in [7, 11) is -3.76. The van der Waals surface area contributed by atoms with Crippen molar-refractivity contribution in [3.8, 4) is 5.69 Å². The lowest BCUT2D eigenvalue weighted by Gasteiger charge is -2.26. The van der Waals surface area contributed by atoms with Crippen LogP contribution >= 0.6 is 0 Å². The van der Waals surface area contributed by atoms with Gasteiger partial charge in [-0.3, -0.25) is 20.4 Å². The van der Waals surface area contributed by atoms with Gasteiger partial charge in [0.25, 0.3) is 11.8 Å². The minimum absolute atomic E-state index is 0.0212. The molecule has 1 aliphatic heterocycles. The van der Waals surface area contributed by atoms with E-state index < -0.39 is 21.8 Å². The maximum Gasteiger partial charge on any atom is 0.271 e. The van der Waals surface area contributed by atoms with Crippen molar-refractivity contribution in [3.63, 3.8) is 0 Å². The van der Waals surface area contributed by atoms with E-state index in [9.17, 15) is 18.0 Å². The third-order valence-electron chi connectivity index (χ3n) is 6.04. The van der Waals surface area contributed by atoms with Gasteiger partial charge >= 0.3 is 0 Å². The molecule has 1 aromatic heterocycles. The fourth-order valence-electron chi connectivity index (χ4n) is 4.16. The van der Waals surface area contributed by atoms with Crippen LogP contribution in [-0.4, -0.2) is 55.4 Å². The van der Waals surface area contributed by atoms with Crippen molar-refractivity contribution in [1.29, 1.82) is 0 Å². The number of morpholine rings is 1. The van der Waals surface area contributed by atoms with Crippen LogP contribution in [-0.2, 0) is 14.8 Å². The van der Waals surface area contributed by atoms with E-state index in [2.05, 4.69) is 10.9 Å². The predicted molar refractivity (Wildman–Crippen MR) is 131 cm³/mol. The predicted octanol–water partition coefficient (Wildman–Crippen LogP) is 2.50. The number of para-hydroxylation sites is 1. The summed E-state index contributed by atoms with van der Waals surface area (Å²) >= 11 is 0. The third kappa shape index (κ3) is 5.00. The Labute approximate surface area is 204 Å². The number of carbonyl (C=O) groups is 2. The van der Waals surface area contributed by atoms with Crippen molar-refractivity contribution in [3.05, 3.63) is 82.7 Å². The number of amides is 2. The van der Waals surface area contributed by atoms with E-state index in [1.54, 1.807) is 19.1 Å². The van der Waals surface area contributed by atoms with Crippen molar-refractivity contribution >= 4 is 21.8 Å². The standard InChI is InChI=1S/C25H28N4O5S/c1-17-9-10-21(35(32,33)28-11-13-34-14-12-28)16-22(17)24(30)26-27-25(31)23-15-18(2)29(19(23)3)20-7-5-4-6-8-20/h4-10,15-16H,11-14H2,1-3H3,(H,26,30)(H,27,31). The van der Waals surface area contributed by atoms with Crippen LogP contribution in [0.2, 0.25) is 0 Å². The van der Waals surface area contributed by atoms with Gasteiger partial charge in [-0.15, -0.1) is 0 Å². The van der Waals surface area contributed by atoms with E-state index in [-0.39, 0.29) is 23.5 Å². The van der Waals surface area contributed by atoms with E-state index >= 15 is 0 Å². The molecule has 0 aliphatic carbocycles. The summed E-state index contributed by atoms with van der Waals surface area (Å²) in [6, 6.07) is 15.8. The minimum Gasteiger partial charge on any atom is -0.379 e. The molecule has 3 aromatic rings. The van der Waals surface area contributed by atoms with Crippen LogP contribution in [0, 0.1) is 20.8 Å². The number of nitrogens with one attached hydrogen (secondary N) is 2. The molecule has 0 bridgehead atoms. The molecule has 1 saturated heterocycles. The molecule has 2 N–H and O–H groups in total. The fourth-order valence-corrected chi connectivity index (χ4v) is 5.59. The van der Waals surface area contributed by atoms with Gasteiger partial charge in [-0.1, -0.05) is 24.3 Å². The van der Waals surface area contributed by atoms with Crippen molar-refractivity contribution in [1.82, 2.24) is 19.7 Å². The van der Waals surface area contributed by atoms with Gasteiger partial charge in [0.2, 0.25) is 10.0 Å². The first-order valence-corrected chi connectivity index (χ1v) is 12.7. The number of ether oxygens (including phenoxy) is 1. The average molecular weight is 497 g/mol. The van der Waals surface area contributed by atoms with E-state index in [1.165, 1.54) is 16.4 Å². The van der Waals surface area contributed by atoms with Crippen LogP contribution < -0.4 is 10.9 Å². The molecule has 0 saturated carbocycles. The second-order valence-electron chi connectivity index (χ2n) is 8.36. The summed E-state index contributed by atoms with van der Waals surface area (Å²) in [5.41, 5.74) is 8.57. The van der Waals surface area contributed by atoms with E-state index in [1.807, 2.05) is 48.7 Å². The summed E-state index contributed by atoms with van der Waals surface area (Å²) in [6.45, 7) is 6.62. The molecule has 0 radical (unpaired) electrons. The van der Waals surface area contributed by atoms with Crippen LogP contribution in [0.25, 0.3) is 5.69 Å². The number of rotatable bonds is 5. The Bertz CT molecular complexity index is 1360. The topological polar surface area (TPSA) is 110 Å². The zero-order valence-electron chi connectivity index (χ0n) is 19.9. The van der Waals surface area contributed by atoms with Gasteiger partial charge in [0.15, 0.2) is 0 Å². The summed E-state index contributed by atoms with van der Waals surface area (Å²) < 4.78 is 34.5. The van der Waals surface area contributed by atoms with Gasteiger partial charge in [0.1, 0.15) is 0 Å². The highest BCUT2D eigenvalue weighted by Crippen LogP contribution is 2.22. The van der Waals surface area contributed by atoms with E-state index in [0.717, 1.165) is 17.1 Å². The zero-order chi connectivity index (χ0) is 25.2. The monoisotopic (exact) mass is 496 g/mol. The second kappa shape index (κ2) is 10.0. The SMILES string of the molecule is Cc1ccc(S(=O)(=O)N2CCOCC2)cc1C(=O)NNC(=O)c1cc(C)n(-c2ccccc2)c1C. The molecule has 1 fully saturated rings. The molecule has 2 amide bonds. The summed E-state index contributed by atoms with van der Waals surface area (Å²) in [4.78, 5) is 25.8. The molecule has 1 aliphatic rings. The summed E-state index contributed by atoms with van der Waals surface area (Å²) in [6.07, 6.45) is 0. The molecule has 2 aromatic carbocycles. The first kappa shape index (κ1) is 24.6. The number of hydrogen-bond acceptors (Lipinski definition) is 5. The van der Waals surface area contributed by atoms with Gasteiger partial charge in [-0.05, 0) is 56.7 Å². The van der Waals surface area contributed by atoms with Crippen molar-refractivity contribution in [2.75, 3.05) is 26.3 Å². The third-order valence-corrected chi connectivity index (χ3v) is 7.94. The Morgan fingerprint density at radius 3 is 2.14 bits per heavy atom. The van der Waals surface area contributed by atoms with Crippen LogP contribution in [0.3, 0.4) is 0 Å². The first-order valence-electron chi connectivity index (χ1n) is 11.2. The zero-order valence-corrected chi connectivity index (χ0v) is 20.7. The molecular weight excluding hydrogens is 468 g/mol. The van der Waals surface area contributed by atoms with Gasteiger partial charge in [-0.25, -0.2) is 8.42 Å². The number of hydrazine groups is 1. The molecular formula is C25H28N4O5S. The molecule has 0 atom stereocenters. The second-order valence-corrected chi connectivity index (χ2v) is 10.3. The molecule has 2 heterocycles. The smallest absolute Gasteiger partial charge is 0.271 e. The Kier molecular flexibility index (Phi) is 7.06. The average Bonchev–Trinajstić information content (AvgIpc) is 3.17. The normalized spacial score (nSPS) is 14.5. The van der Waals surface area contributed by atoms with Crippen LogP contribution in [0.15, 0.2) is 59.5 Å². The van der Waals surface area contributed by atoms with Crippen molar-refractivity contribution in [2.45, 2.75) is 25.7 Å². The van der Waals surface area contributed by atoms with Crippen molar-refractivity contribution < 1.29 is 22.7 Å². The van der Waals surface area contributed by atoms with Gasteiger partial charge < -0.3 is 9.30 Å². The lowest BCUT2D eigenvalue weighted by Crippen LogP contribution is -2.42. The maximum absolute atomic E-state index is 13.0. The lowest BCUT2D eigenvalue weighted by atomic mass is 10.1. The number of benzene rings is 2. The molecule has 0 unspecified atom stereocenters. The molecule has 184 valence electrons. The number of hydrogen-bond donors (Lipinski definition) is 2. The summed E-state index contributed by atoms with van der Waals surface area (Å²) in [5.74, 6) is -1.07. The quantitative estimate of drug-likeness (QED) is 0.528. The molecule has 9 nitrogen and oxygen atoms in total. The highest BCUT2D eigenvalue weighted by molar-refractivity contribution is 7.89. The Hall–Kier alpha value is -3.47. The van der Waals surface area contributed by atoms with E-state index in [4.69, 9.17) is 4.74 Å². The number of aryl methyl sites for hydroxylation is 2. The summed E-state index contributed by atoms with van der Waals surface area (Å²) in [5, 5.41) is 0. The number of sulfonamides is 1. The van der Waals surface area contributed by atoms with Crippen LogP contribution in [0.1, 0.15) is 37.7 Å². The number of aromatic nitrogens is 1. The van der Waals surface area contributed by atoms with Gasteiger partial charge in [0, 0.05) is 35.7 Å². The van der Waals surface area contributed by atoms with Gasteiger partial charge in [0.05, 0.1) is 23.7 Å². The van der Waals surface area contributed by atoms with Crippen molar-refractivity contribution in [2.24, 2.45) is 0 Å². The molecule has 0 spiro atoms. The molecule has 10 heteroatoms. The molecule has 4 rings (SSSR count). The van der Waals surface area contributed by atoms with Crippen LogP contribution in [0.5, 0.6) is 0 Å². The first-order chi connectivity index (χ1) is 16.7. The Morgan fingerprint density at radius 2 is 1.49 bits per heavy atom. The number of nitrogens with zero attached hydrogens (tertiary/aromatic N) is 2. The van der Waals surface area contributed by atoms with E-state index in [0.29, 0.717) is 24.3 Å². The lowest BCUT2D eigenvalue weighted by molar-refractivity contribution is 0.0730.